The van der Waals surface area contributed by atoms with Gasteiger partial charge in [-0.15, -0.1) is 0 Å². The zero-order valence-electron chi connectivity index (χ0n) is 13.6. The number of halogens is 1. The molecular formula is C19H22FNO3. The van der Waals surface area contributed by atoms with Gasteiger partial charge in [0, 0.05) is 5.54 Å². The maximum atomic E-state index is 13.1. The van der Waals surface area contributed by atoms with Gasteiger partial charge in [0.05, 0.1) is 5.56 Å². The van der Waals surface area contributed by atoms with Gasteiger partial charge in [-0.05, 0) is 74.5 Å². The number of benzene rings is 1. The second-order valence-electron chi connectivity index (χ2n) is 7.83. The number of rotatable bonds is 4. The third-order valence-corrected chi connectivity index (χ3v) is 5.84. The van der Waals surface area contributed by atoms with Crippen LogP contribution in [0.3, 0.4) is 0 Å². The van der Waals surface area contributed by atoms with Gasteiger partial charge in [-0.25, -0.2) is 9.18 Å². The van der Waals surface area contributed by atoms with Gasteiger partial charge >= 0.3 is 5.97 Å². The van der Waals surface area contributed by atoms with Crippen molar-refractivity contribution in [1.82, 2.24) is 5.32 Å². The van der Waals surface area contributed by atoms with E-state index in [1.807, 2.05) is 0 Å². The summed E-state index contributed by atoms with van der Waals surface area (Å²) < 4.78 is 18.2. The van der Waals surface area contributed by atoms with Crippen LogP contribution >= 0.6 is 0 Å². The minimum atomic E-state index is -0.671. The molecule has 0 heterocycles. The Hall–Kier alpha value is -1.91. The topological polar surface area (TPSA) is 55.4 Å². The quantitative estimate of drug-likeness (QED) is 0.863. The highest BCUT2D eigenvalue weighted by molar-refractivity contribution is 5.91. The molecule has 4 aliphatic carbocycles. The lowest BCUT2D eigenvalue weighted by Gasteiger charge is -2.56. The summed E-state index contributed by atoms with van der Waals surface area (Å²) in [7, 11) is 0. The fourth-order valence-electron chi connectivity index (χ4n) is 5.43. The number of ether oxygens (including phenoxy) is 1. The van der Waals surface area contributed by atoms with Crippen molar-refractivity contribution in [3.63, 3.8) is 0 Å². The second-order valence-corrected chi connectivity index (χ2v) is 7.83. The maximum Gasteiger partial charge on any atom is 0.338 e. The monoisotopic (exact) mass is 331 g/mol. The van der Waals surface area contributed by atoms with Crippen LogP contribution in [0.15, 0.2) is 24.3 Å². The van der Waals surface area contributed by atoms with Gasteiger partial charge in [-0.1, -0.05) is 6.07 Å². The van der Waals surface area contributed by atoms with Crippen molar-refractivity contribution in [2.75, 3.05) is 6.61 Å². The van der Waals surface area contributed by atoms with Gasteiger partial charge in [0.2, 0.25) is 0 Å². The molecule has 1 aromatic carbocycles. The average molecular weight is 331 g/mol. The molecule has 0 saturated heterocycles. The van der Waals surface area contributed by atoms with Crippen molar-refractivity contribution in [3.8, 4) is 0 Å². The average Bonchev–Trinajstić information content (AvgIpc) is 2.50. The molecule has 4 saturated carbocycles. The Bertz CT molecular complexity index is 637. The molecule has 4 aliphatic rings. The Kier molecular flexibility index (Phi) is 3.82. The van der Waals surface area contributed by atoms with E-state index in [0.717, 1.165) is 43.1 Å². The van der Waals surface area contributed by atoms with E-state index in [1.165, 1.54) is 37.5 Å². The van der Waals surface area contributed by atoms with Crippen LogP contribution in [-0.4, -0.2) is 24.0 Å². The first kappa shape index (κ1) is 15.6. The Morgan fingerprint density at radius 1 is 1.12 bits per heavy atom. The fourth-order valence-corrected chi connectivity index (χ4v) is 5.43. The highest BCUT2D eigenvalue weighted by Gasteiger charge is 2.51. The summed E-state index contributed by atoms with van der Waals surface area (Å²) >= 11 is 0. The molecule has 5 heteroatoms. The van der Waals surface area contributed by atoms with Gasteiger partial charge in [-0.3, -0.25) is 4.79 Å². The van der Waals surface area contributed by atoms with E-state index in [2.05, 4.69) is 5.32 Å². The SMILES string of the molecule is O=C(COC(=O)c1cccc(F)c1)NC12CC3CC(CC(C3)C1)C2. The van der Waals surface area contributed by atoms with Crippen LogP contribution in [0.4, 0.5) is 4.39 Å². The maximum absolute atomic E-state index is 13.1. The number of carbonyl (C=O) groups is 2. The van der Waals surface area contributed by atoms with Gasteiger partial charge in [0.25, 0.3) is 5.91 Å². The summed E-state index contributed by atoms with van der Waals surface area (Å²) in [5.74, 6) is 0.809. The summed E-state index contributed by atoms with van der Waals surface area (Å²) in [6.45, 7) is -0.308. The lowest BCUT2D eigenvalue weighted by molar-refractivity contribution is -0.130. The molecule has 0 spiro atoms. The lowest BCUT2D eigenvalue weighted by atomic mass is 9.53. The smallest absolute Gasteiger partial charge is 0.338 e. The van der Waals surface area contributed by atoms with Crippen LogP contribution < -0.4 is 5.32 Å². The summed E-state index contributed by atoms with van der Waals surface area (Å²) in [5.41, 5.74) is 0.0366. The molecule has 0 atom stereocenters. The Morgan fingerprint density at radius 2 is 1.75 bits per heavy atom. The van der Waals surface area contributed by atoms with Crippen LogP contribution in [0.1, 0.15) is 48.9 Å². The van der Waals surface area contributed by atoms with Crippen molar-refractivity contribution in [1.29, 1.82) is 0 Å². The zero-order chi connectivity index (χ0) is 16.7. The standard InChI is InChI=1S/C19H22FNO3/c20-16-3-1-2-15(7-16)18(23)24-11-17(22)21-19-8-12-4-13(9-19)6-14(5-12)10-19/h1-3,7,12-14H,4-6,8-11H2,(H,21,22). The molecule has 0 aliphatic heterocycles. The molecule has 1 aromatic rings. The minimum Gasteiger partial charge on any atom is -0.452 e. The minimum absolute atomic E-state index is 0.0862. The van der Waals surface area contributed by atoms with Gasteiger partial charge in [0.15, 0.2) is 6.61 Å². The van der Waals surface area contributed by atoms with E-state index in [-0.39, 0.29) is 23.6 Å². The third-order valence-electron chi connectivity index (χ3n) is 5.84. The molecule has 4 nitrogen and oxygen atoms in total. The van der Waals surface area contributed by atoms with Crippen molar-refractivity contribution < 1.29 is 18.7 Å². The lowest BCUT2D eigenvalue weighted by Crippen LogP contribution is -2.60. The van der Waals surface area contributed by atoms with Gasteiger partial charge in [0.1, 0.15) is 5.82 Å². The Labute approximate surface area is 140 Å². The van der Waals surface area contributed by atoms with Gasteiger partial charge < -0.3 is 10.1 Å². The molecule has 0 aromatic heterocycles. The van der Waals surface area contributed by atoms with Crippen LogP contribution in [0.5, 0.6) is 0 Å². The molecule has 24 heavy (non-hydrogen) atoms. The molecule has 4 fully saturated rings. The van der Waals surface area contributed by atoms with Crippen LogP contribution in [0.2, 0.25) is 0 Å². The van der Waals surface area contributed by atoms with Crippen LogP contribution in [0.25, 0.3) is 0 Å². The zero-order valence-corrected chi connectivity index (χ0v) is 13.6. The van der Waals surface area contributed by atoms with Gasteiger partial charge in [-0.2, -0.15) is 0 Å². The number of esters is 1. The normalized spacial score (nSPS) is 33.3. The largest absolute Gasteiger partial charge is 0.452 e. The molecular weight excluding hydrogens is 309 g/mol. The molecule has 1 N–H and O–H groups in total. The number of amides is 1. The number of nitrogens with one attached hydrogen (secondary N) is 1. The van der Waals surface area contributed by atoms with Crippen molar-refractivity contribution in [3.05, 3.63) is 35.6 Å². The van der Waals surface area contributed by atoms with E-state index >= 15 is 0 Å². The summed E-state index contributed by atoms with van der Waals surface area (Å²) in [5, 5.41) is 3.15. The van der Waals surface area contributed by atoms with E-state index in [4.69, 9.17) is 4.74 Å². The van der Waals surface area contributed by atoms with Crippen LogP contribution in [-0.2, 0) is 9.53 Å². The molecule has 0 radical (unpaired) electrons. The number of carbonyl (C=O) groups excluding carboxylic acids is 2. The van der Waals surface area contributed by atoms with Crippen LogP contribution in [0, 0.1) is 23.6 Å². The first-order chi connectivity index (χ1) is 11.5. The first-order valence-corrected chi connectivity index (χ1v) is 8.75. The highest BCUT2D eigenvalue weighted by atomic mass is 19.1. The van der Waals surface area contributed by atoms with Crippen molar-refractivity contribution >= 4 is 11.9 Å². The molecule has 128 valence electrons. The fraction of sp³-hybridized carbons (Fsp3) is 0.579. The first-order valence-electron chi connectivity index (χ1n) is 8.75. The predicted molar refractivity (Wildman–Crippen MR) is 85.7 cm³/mol. The summed E-state index contributed by atoms with van der Waals surface area (Å²) in [6, 6.07) is 5.29. The Balaban J connectivity index is 1.33. The third kappa shape index (κ3) is 3.04. The molecule has 4 bridgehead atoms. The van der Waals surface area contributed by atoms with E-state index in [1.54, 1.807) is 0 Å². The second kappa shape index (κ2) is 5.87. The molecule has 5 rings (SSSR count). The number of hydrogen-bond donors (Lipinski definition) is 1. The van der Waals surface area contributed by atoms with Crippen molar-refractivity contribution in [2.45, 2.75) is 44.1 Å². The highest BCUT2D eigenvalue weighted by Crippen LogP contribution is 2.55. The molecule has 0 unspecified atom stereocenters. The molecule has 1 amide bonds. The summed E-state index contributed by atoms with van der Waals surface area (Å²) in [6.07, 6.45) is 7.10. The van der Waals surface area contributed by atoms with E-state index in [9.17, 15) is 14.0 Å². The van der Waals surface area contributed by atoms with Crippen molar-refractivity contribution in [2.24, 2.45) is 17.8 Å². The van der Waals surface area contributed by atoms with E-state index in [0.29, 0.717) is 0 Å². The predicted octanol–water partition coefficient (Wildman–Crippen LogP) is 3.07. The Morgan fingerprint density at radius 3 is 2.33 bits per heavy atom. The van der Waals surface area contributed by atoms with E-state index < -0.39 is 11.8 Å². The number of hydrogen-bond acceptors (Lipinski definition) is 3. The summed E-state index contributed by atoms with van der Waals surface area (Å²) in [4.78, 5) is 24.2.